The molecule has 0 saturated heterocycles. The number of nitrogens with zero attached hydrogens (tertiary/aromatic N) is 2. The fourth-order valence-electron chi connectivity index (χ4n) is 3.32. The Morgan fingerprint density at radius 3 is 2.60 bits per heavy atom. The van der Waals surface area contributed by atoms with E-state index in [0.717, 1.165) is 23.4 Å². The van der Waals surface area contributed by atoms with Crippen molar-refractivity contribution in [2.24, 2.45) is 0 Å². The van der Waals surface area contributed by atoms with Crippen LogP contribution in [0.1, 0.15) is 18.9 Å². The summed E-state index contributed by atoms with van der Waals surface area (Å²) in [5, 5.41) is 2.31. The number of anilines is 2. The van der Waals surface area contributed by atoms with E-state index in [-0.39, 0.29) is 11.2 Å². The Kier molecular flexibility index (Phi) is 5.83. The summed E-state index contributed by atoms with van der Waals surface area (Å²) in [6, 6.07) is 19.4. The minimum atomic E-state index is -2.74. The van der Waals surface area contributed by atoms with Gasteiger partial charge in [-0.15, -0.1) is 11.8 Å². The second-order valence-corrected chi connectivity index (χ2v) is 9.95. The average Bonchev–Trinajstić information content (AvgIpc) is 3.19. The first-order valence-electron chi connectivity index (χ1n) is 9.55. The number of nitrogens with one attached hydrogen (secondary N) is 1. The predicted octanol–water partition coefficient (Wildman–Crippen LogP) is 5.61. The summed E-state index contributed by atoms with van der Waals surface area (Å²) in [7, 11) is -2.74. The lowest BCUT2D eigenvalue weighted by atomic mass is 10.1. The minimum absolute atomic E-state index is 0.207. The van der Waals surface area contributed by atoms with Crippen LogP contribution in [0.4, 0.5) is 15.9 Å². The summed E-state index contributed by atoms with van der Waals surface area (Å²) in [6.45, 7) is 2.13. The van der Waals surface area contributed by atoms with Gasteiger partial charge in [0.15, 0.2) is 0 Å². The van der Waals surface area contributed by atoms with E-state index >= 15 is 0 Å². The van der Waals surface area contributed by atoms with E-state index in [1.54, 1.807) is 42.2 Å². The maximum absolute atomic E-state index is 13.4. The Balaban J connectivity index is 1.66. The van der Waals surface area contributed by atoms with Crippen LogP contribution in [-0.2, 0) is 9.71 Å². The van der Waals surface area contributed by atoms with Crippen LogP contribution in [-0.4, -0.2) is 20.4 Å². The molecule has 2 heterocycles. The van der Waals surface area contributed by atoms with Crippen molar-refractivity contribution < 1.29 is 8.60 Å². The van der Waals surface area contributed by atoms with Crippen LogP contribution in [0.3, 0.4) is 0 Å². The highest BCUT2D eigenvalue weighted by atomic mass is 32.2. The van der Waals surface area contributed by atoms with Gasteiger partial charge < -0.3 is 4.90 Å². The zero-order valence-electron chi connectivity index (χ0n) is 16.5. The first-order valence-corrected chi connectivity index (χ1v) is 12.2. The molecule has 1 N–H and O–H groups in total. The highest BCUT2D eigenvalue weighted by Crippen LogP contribution is 2.42. The molecule has 1 aromatic heterocycles. The van der Waals surface area contributed by atoms with Crippen molar-refractivity contribution in [3.05, 3.63) is 89.7 Å². The Labute approximate surface area is 181 Å². The van der Waals surface area contributed by atoms with E-state index in [1.807, 2.05) is 30.3 Å². The molecule has 0 amide bonds. The summed E-state index contributed by atoms with van der Waals surface area (Å²) in [5.41, 5.74) is 2.86. The first kappa shape index (κ1) is 20.5. The lowest BCUT2D eigenvalue weighted by Gasteiger charge is -2.29. The molecule has 0 saturated carbocycles. The molecule has 154 valence electrons. The van der Waals surface area contributed by atoms with E-state index in [2.05, 4.69) is 32.8 Å². The fraction of sp³-hybridized carbons (Fsp3) is 0.130. The third-order valence-electron chi connectivity index (χ3n) is 4.79. The van der Waals surface area contributed by atoms with Gasteiger partial charge in [0.1, 0.15) is 11.6 Å². The first-order chi connectivity index (χ1) is 14.5. The molecule has 1 aliphatic heterocycles. The quantitative estimate of drug-likeness (QED) is 0.507. The number of halogens is 1. The molecule has 2 unspecified atom stereocenters. The van der Waals surface area contributed by atoms with Crippen molar-refractivity contribution in [2.45, 2.75) is 23.6 Å². The molecule has 2 atom stereocenters. The van der Waals surface area contributed by atoms with Crippen molar-refractivity contribution in [1.29, 1.82) is 0 Å². The number of benzene rings is 2. The topological polar surface area (TPSA) is 45.2 Å². The zero-order valence-corrected chi connectivity index (χ0v) is 18.1. The van der Waals surface area contributed by atoms with Gasteiger partial charge in [-0.05, 0) is 65.7 Å². The summed E-state index contributed by atoms with van der Waals surface area (Å²) in [5.74, 6) is 4.11. The summed E-state index contributed by atoms with van der Waals surface area (Å²) in [6.07, 6.45) is 2.61. The second kappa shape index (κ2) is 8.53. The number of pyridine rings is 1. The Morgan fingerprint density at radius 1 is 1.17 bits per heavy atom. The normalized spacial score (nSPS) is 18.0. The Morgan fingerprint density at radius 2 is 1.90 bits per heavy atom. The van der Waals surface area contributed by atoms with Gasteiger partial charge in [0.25, 0.3) is 0 Å². The molecule has 4 rings (SSSR count). The van der Waals surface area contributed by atoms with Crippen molar-refractivity contribution in [3.8, 4) is 0 Å². The van der Waals surface area contributed by atoms with Crippen molar-refractivity contribution >= 4 is 44.5 Å². The van der Waals surface area contributed by atoms with E-state index in [1.165, 1.54) is 12.1 Å². The minimum Gasteiger partial charge on any atom is -0.327 e. The smallest absolute Gasteiger partial charge is 0.139 e. The van der Waals surface area contributed by atoms with E-state index in [9.17, 15) is 8.60 Å². The molecule has 0 radical (unpaired) electrons. The lowest BCUT2D eigenvalue weighted by molar-refractivity contribution is 0.627. The van der Waals surface area contributed by atoms with Crippen LogP contribution in [0.15, 0.2) is 83.2 Å². The average molecular weight is 440 g/mol. The SMILES string of the molecule is C=S(=O)(Nc1cc(N2C(c3ccc(F)cc3)=CSC2CC)ccn1)c1ccccc1. The van der Waals surface area contributed by atoms with Gasteiger partial charge in [0.2, 0.25) is 0 Å². The second-order valence-electron chi connectivity index (χ2n) is 6.87. The van der Waals surface area contributed by atoms with E-state index in [0.29, 0.717) is 10.7 Å². The standard InChI is InChI=1S/C23H22FN3OS2/c1-3-23-27(21(16-29-23)17-9-11-18(24)12-10-17)19-13-14-25-22(15-19)26-30(2,28)20-7-5-4-6-8-20/h4-16,23H,2-3H2,1H3,(H,25,26,28). The van der Waals surface area contributed by atoms with Crippen molar-refractivity contribution in [1.82, 2.24) is 4.98 Å². The van der Waals surface area contributed by atoms with Gasteiger partial charge in [-0.1, -0.05) is 25.1 Å². The lowest BCUT2D eigenvalue weighted by Crippen LogP contribution is -2.27. The molecule has 0 spiro atoms. The number of hydrogen-bond donors (Lipinski definition) is 1. The zero-order chi connectivity index (χ0) is 21.1. The molecule has 0 fully saturated rings. The van der Waals surface area contributed by atoms with E-state index < -0.39 is 9.71 Å². The Hall–Kier alpha value is -2.77. The molecule has 1 aliphatic rings. The number of hydrogen-bond acceptors (Lipinski definition) is 4. The number of aromatic nitrogens is 1. The van der Waals surface area contributed by atoms with Crippen LogP contribution >= 0.6 is 11.8 Å². The molecule has 4 nitrogen and oxygen atoms in total. The van der Waals surface area contributed by atoms with Crippen molar-refractivity contribution in [2.75, 3.05) is 9.62 Å². The molecule has 7 heteroatoms. The highest BCUT2D eigenvalue weighted by Gasteiger charge is 2.28. The van der Waals surface area contributed by atoms with Crippen LogP contribution in [0.25, 0.3) is 5.70 Å². The number of thioether (sulfide) groups is 1. The molecule has 3 aromatic rings. The van der Waals surface area contributed by atoms with Gasteiger partial charge in [0, 0.05) is 22.8 Å². The molecular weight excluding hydrogens is 417 g/mol. The van der Waals surface area contributed by atoms with Crippen LogP contribution < -0.4 is 9.62 Å². The summed E-state index contributed by atoms with van der Waals surface area (Å²) in [4.78, 5) is 7.17. The van der Waals surface area contributed by atoms with Gasteiger partial charge in [-0.3, -0.25) is 4.72 Å². The molecule has 2 aromatic carbocycles. The van der Waals surface area contributed by atoms with E-state index in [4.69, 9.17) is 0 Å². The third-order valence-corrected chi connectivity index (χ3v) is 7.58. The van der Waals surface area contributed by atoms with Gasteiger partial charge in [0.05, 0.1) is 20.8 Å². The molecular formula is C23H22FN3OS2. The maximum atomic E-state index is 13.4. The van der Waals surface area contributed by atoms with Gasteiger partial charge in [-0.2, -0.15) is 0 Å². The maximum Gasteiger partial charge on any atom is 0.139 e. The summed E-state index contributed by atoms with van der Waals surface area (Å²) >= 11 is 1.73. The van der Waals surface area contributed by atoms with Gasteiger partial charge in [-0.25, -0.2) is 13.6 Å². The predicted molar refractivity (Wildman–Crippen MR) is 126 cm³/mol. The Bertz CT molecular complexity index is 1160. The highest BCUT2D eigenvalue weighted by molar-refractivity contribution is 8.03. The van der Waals surface area contributed by atoms with Gasteiger partial charge >= 0.3 is 0 Å². The molecule has 0 bridgehead atoms. The summed E-state index contributed by atoms with van der Waals surface area (Å²) < 4.78 is 29.5. The monoisotopic (exact) mass is 439 g/mol. The van der Waals surface area contributed by atoms with Crippen LogP contribution in [0, 0.1) is 5.82 Å². The van der Waals surface area contributed by atoms with Crippen molar-refractivity contribution in [3.63, 3.8) is 0 Å². The fourth-order valence-corrected chi connectivity index (χ4v) is 5.57. The number of rotatable bonds is 6. The third kappa shape index (κ3) is 4.22. The molecule has 30 heavy (non-hydrogen) atoms. The van der Waals surface area contributed by atoms with Crippen LogP contribution in [0.5, 0.6) is 0 Å². The molecule has 0 aliphatic carbocycles. The van der Waals surface area contributed by atoms with Crippen LogP contribution in [0.2, 0.25) is 0 Å². The largest absolute Gasteiger partial charge is 0.327 e.